The maximum Gasteiger partial charge on any atom is 0.219 e. The van der Waals surface area contributed by atoms with Crippen LogP contribution in [-0.4, -0.2) is 28.7 Å². The van der Waals surface area contributed by atoms with E-state index in [-0.39, 0.29) is 11.8 Å². The molecular formula is C13H10Cl4O2. The fourth-order valence-electron chi connectivity index (χ4n) is 3.80. The van der Waals surface area contributed by atoms with E-state index in [9.17, 15) is 0 Å². The monoisotopic (exact) mass is 338 g/mol. The summed E-state index contributed by atoms with van der Waals surface area (Å²) < 4.78 is 11.7. The molecule has 2 bridgehead atoms. The smallest absolute Gasteiger partial charge is 0.219 e. The average Bonchev–Trinajstić information content (AvgIpc) is 3.02. The van der Waals surface area contributed by atoms with Gasteiger partial charge >= 0.3 is 0 Å². The molecule has 6 heteroatoms. The Kier molecular flexibility index (Phi) is 2.55. The Morgan fingerprint density at radius 1 is 0.895 bits per heavy atom. The first-order chi connectivity index (χ1) is 9.00. The summed E-state index contributed by atoms with van der Waals surface area (Å²) in [5, 5.41) is 0.683. The highest BCUT2D eigenvalue weighted by molar-refractivity contribution is 6.52. The fourth-order valence-corrected chi connectivity index (χ4v) is 5.87. The zero-order chi connectivity index (χ0) is 13.5. The first-order valence-corrected chi connectivity index (χ1v) is 7.58. The van der Waals surface area contributed by atoms with E-state index >= 15 is 0 Å². The van der Waals surface area contributed by atoms with Crippen LogP contribution in [0.2, 0.25) is 0 Å². The number of fused-ring (bicyclic) bond motifs is 3. The summed E-state index contributed by atoms with van der Waals surface area (Å²) in [5.41, 5.74) is 0. The van der Waals surface area contributed by atoms with E-state index in [1.54, 1.807) is 0 Å². The Morgan fingerprint density at radius 2 is 1.32 bits per heavy atom. The number of halogens is 4. The number of rotatable bonds is 0. The van der Waals surface area contributed by atoms with E-state index < -0.39 is 15.5 Å². The van der Waals surface area contributed by atoms with Gasteiger partial charge in [0.05, 0.1) is 23.3 Å². The Balaban J connectivity index is 2.03. The van der Waals surface area contributed by atoms with Crippen LogP contribution >= 0.6 is 46.4 Å². The van der Waals surface area contributed by atoms with Crippen LogP contribution in [0.1, 0.15) is 0 Å². The zero-order valence-electron chi connectivity index (χ0n) is 9.71. The third kappa shape index (κ3) is 1.11. The molecule has 0 unspecified atom stereocenters. The second-order valence-corrected chi connectivity index (χ2v) is 7.13. The first-order valence-electron chi connectivity index (χ1n) is 6.07. The van der Waals surface area contributed by atoms with Crippen molar-refractivity contribution in [2.45, 2.75) is 15.5 Å². The third-order valence-corrected chi connectivity index (χ3v) is 7.18. The maximum absolute atomic E-state index is 6.87. The number of alkyl halides is 2. The standard InChI is InChI=1S/C13H10Cl4O2/c14-9-10(15)12(17)8-4-2-1-3-7(8)11(9,16)13(12)18-5-6-19-13/h1-4,7-8H,5-6H2/t7-,8+,11-,12-/m0/s1. The van der Waals surface area contributed by atoms with Crippen LogP contribution in [0.25, 0.3) is 0 Å². The van der Waals surface area contributed by atoms with Crippen molar-refractivity contribution in [3.8, 4) is 0 Å². The van der Waals surface area contributed by atoms with Gasteiger partial charge in [-0.25, -0.2) is 0 Å². The summed E-state index contributed by atoms with van der Waals surface area (Å²) in [6.45, 7) is 0.869. The van der Waals surface area contributed by atoms with Crippen LogP contribution in [0.5, 0.6) is 0 Å². The Bertz CT molecular complexity index is 507. The molecule has 2 nitrogen and oxygen atoms in total. The van der Waals surface area contributed by atoms with E-state index in [1.807, 2.05) is 24.3 Å². The summed E-state index contributed by atoms with van der Waals surface area (Å²) >= 11 is 26.5. The van der Waals surface area contributed by atoms with E-state index in [0.717, 1.165) is 0 Å². The largest absolute Gasteiger partial charge is 0.344 e. The molecule has 0 aromatic rings. The van der Waals surface area contributed by atoms with Gasteiger partial charge in [-0.2, -0.15) is 0 Å². The summed E-state index contributed by atoms with van der Waals surface area (Å²) in [6, 6.07) is 0. The maximum atomic E-state index is 6.87. The third-order valence-electron chi connectivity index (χ3n) is 4.54. The van der Waals surface area contributed by atoms with Crippen molar-refractivity contribution in [1.29, 1.82) is 0 Å². The molecule has 3 aliphatic carbocycles. The van der Waals surface area contributed by atoms with E-state index in [2.05, 4.69) is 0 Å². The van der Waals surface area contributed by atoms with Gasteiger partial charge in [-0.15, -0.1) is 23.2 Å². The lowest BCUT2D eigenvalue weighted by atomic mass is 9.79. The predicted octanol–water partition coefficient (Wildman–Crippen LogP) is 3.76. The number of allylic oxidation sites excluding steroid dienone is 4. The minimum absolute atomic E-state index is 0.0928. The summed E-state index contributed by atoms with van der Waals surface area (Å²) in [5.74, 6) is -1.37. The Labute approximate surface area is 130 Å². The predicted molar refractivity (Wildman–Crippen MR) is 75.8 cm³/mol. The molecule has 19 heavy (non-hydrogen) atoms. The first kappa shape index (κ1) is 13.0. The SMILES string of the molecule is ClC1=C(Cl)[C@@]2(Cl)[C@H]3C=CC=C[C@H]3[C@@]1(Cl)C21OCCO1. The molecule has 1 saturated carbocycles. The van der Waals surface area contributed by atoms with Crippen LogP contribution in [0.15, 0.2) is 34.4 Å². The van der Waals surface area contributed by atoms with Gasteiger partial charge in [-0.1, -0.05) is 47.5 Å². The second-order valence-electron chi connectivity index (χ2n) is 5.19. The normalized spacial score (nSPS) is 49.5. The zero-order valence-corrected chi connectivity index (χ0v) is 12.7. The lowest BCUT2D eigenvalue weighted by molar-refractivity contribution is -0.171. The van der Waals surface area contributed by atoms with E-state index in [1.165, 1.54) is 0 Å². The Hall–Kier alpha value is 0.300. The van der Waals surface area contributed by atoms with Gasteiger partial charge in [-0.05, 0) is 0 Å². The number of hydrogen-bond acceptors (Lipinski definition) is 2. The molecular weight excluding hydrogens is 330 g/mol. The molecule has 0 amide bonds. The summed E-state index contributed by atoms with van der Waals surface area (Å²) in [4.78, 5) is -2.12. The Morgan fingerprint density at radius 3 is 1.74 bits per heavy atom. The minimum atomic E-state index is -1.19. The van der Waals surface area contributed by atoms with Crippen LogP contribution in [0.3, 0.4) is 0 Å². The van der Waals surface area contributed by atoms with Crippen LogP contribution < -0.4 is 0 Å². The highest BCUT2D eigenvalue weighted by Crippen LogP contribution is 2.75. The minimum Gasteiger partial charge on any atom is -0.344 e. The molecule has 4 atom stereocenters. The number of hydrogen-bond donors (Lipinski definition) is 0. The second kappa shape index (κ2) is 3.73. The van der Waals surface area contributed by atoms with Crippen LogP contribution in [0.4, 0.5) is 0 Å². The number of ether oxygens (including phenoxy) is 2. The molecule has 0 radical (unpaired) electrons. The van der Waals surface area contributed by atoms with Crippen LogP contribution in [0, 0.1) is 11.8 Å². The molecule has 1 saturated heterocycles. The van der Waals surface area contributed by atoms with Gasteiger partial charge in [0, 0.05) is 11.8 Å². The molecule has 0 aromatic heterocycles. The van der Waals surface area contributed by atoms with Gasteiger partial charge in [0.2, 0.25) is 5.79 Å². The van der Waals surface area contributed by atoms with Crippen molar-refractivity contribution >= 4 is 46.4 Å². The van der Waals surface area contributed by atoms with E-state index in [0.29, 0.717) is 23.3 Å². The highest BCUT2D eigenvalue weighted by atomic mass is 35.5. The highest BCUT2D eigenvalue weighted by Gasteiger charge is 2.85. The van der Waals surface area contributed by atoms with Crippen molar-refractivity contribution in [3.63, 3.8) is 0 Å². The molecule has 4 aliphatic rings. The molecule has 4 rings (SSSR count). The molecule has 102 valence electrons. The van der Waals surface area contributed by atoms with Crippen molar-refractivity contribution < 1.29 is 9.47 Å². The topological polar surface area (TPSA) is 18.5 Å². The molecule has 1 spiro atoms. The summed E-state index contributed by atoms with van der Waals surface area (Å²) in [7, 11) is 0. The lowest BCUT2D eigenvalue weighted by Gasteiger charge is -2.38. The lowest BCUT2D eigenvalue weighted by Crippen LogP contribution is -2.55. The molecule has 0 N–H and O–H groups in total. The van der Waals surface area contributed by atoms with Crippen molar-refractivity contribution in [2.75, 3.05) is 13.2 Å². The quantitative estimate of drug-likeness (QED) is 0.625. The molecule has 1 heterocycles. The van der Waals surface area contributed by atoms with Crippen LogP contribution in [-0.2, 0) is 9.47 Å². The van der Waals surface area contributed by atoms with Gasteiger partial charge < -0.3 is 9.47 Å². The van der Waals surface area contributed by atoms with Crippen molar-refractivity contribution in [1.82, 2.24) is 0 Å². The van der Waals surface area contributed by atoms with Crippen molar-refractivity contribution in [3.05, 3.63) is 34.4 Å². The van der Waals surface area contributed by atoms with Gasteiger partial charge in [-0.3, -0.25) is 0 Å². The van der Waals surface area contributed by atoms with Gasteiger partial charge in [0.1, 0.15) is 9.75 Å². The van der Waals surface area contributed by atoms with E-state index in [4.69, 9.17) is 55.9 Å². The fraction of sp³-hybridized carbons (Fsp3) is 0.538. The molecule has 0 aromatic carbocycles. The average molecular weight is 340 g/mol. The summed E-state index contributed by atoms with van der Waals surface area (Å²) in [6.07, 6.45) is 7.88. The molecule has 2 fully saturated rings. The van der Waals surface area contributed by atoms with Gasteiger partial charge in [0.25, 0.3) is 0 Å². The van der Waals surface area contributed by atoms with Gasteiger partial charge in [0.15, 0.2) is 0 Å². The molecule has 1 aliphatic heterocycles. The van der Waals surface area contributed by atoms with Crippen molar-refractivity contribution in [2.24, 2.45) is 11.8 Å².